The van der Waals surface area contributed by atoms with Crippen LogP contribution in [0.5, 0.6) is 0 Å². The minimum absolute atomic E-state index is 0.230. The van der Waals surface area contributed by atoms with Crippen molar-refractivity contribution in [2.24, 2.45) is 0 Å². The van der Waals surface area contributed by atoms with Crippen molar-refractivity contribution in [3.05, 3.63) is 70.1 Å². The van der Waals surface area contributed by atoms with Gasteiger partial charge < -0.3 is 5.32 Å². The van der Waals surface area contributed by atoms with Crippen LogP contribution in [0.1, 0.15) is 21.6 Å². The molecule has 1 amide bonds. The van der Waals surface area contributed by atoms with Gasteiger partial charge in [-0.1, -0.05) is 6.07 Å². The van der Waals surface area contributed by atoms with Crippen molar-refractivity contribution in [2.75, 3.05) is 0 Å². The summed E-state index contributed by atoms with van der Waals surface area (Å²) in [6, 6.07) is 6.38. The van der Waals surface area contributed by atoms with Gasteiger partial charge in [0.2, 0.25) is 0 Å². The van der Waals surface area contributed by atoms with Gasteiger partial charge in [-0.15, -0.1) is 0 Å². The summed E-state index contributed by atoms with van der Waals surface area (Å²) in [6.45, 7) is 1.89. The molecule has 0 aliphatic carbocycles. The molecular formula is C17H14FN3OS. The zero-order valence-corrected chi connectivity index (χ0v) is 13.2. The van der Waals surface area contributed by atoms with Gasteiger partial charge in [0.05, 0.1) is 17.9 Å². The maximum atomic E-state index is 13.6. The molecule has 0 bridgehead atoms. The Balaban J connectivity index is 1.76. The number of thiophene rings is 1. The molecule has 0 aliphatic heterocycles. The summed E-state index contributed by atoms with van der Waals surface area (Å²) in [5.41, 5.74) is 3.17. The van der Waals surface area contributed by atoms with E-state index in [1.54, 1.807) is 42.8 Å². The zero-order valence-electron chi connectivity index (χ0n) is 12.4. The van der Waals surface area contributed by atoms with E-state index < -0.39 is 5.82 Å². The monoisotopic (exact) mass is 327 g/mol. The lowest BCUT2D eigenvalue weighted by molar-refractivity contribution is 0.0950. The third-order valence-corrected chi connectivity index (χ3v) is 4.10. The molecule has 116 valence electrons. The second-order valence-electron chi connectivity index (χ2n) is 5.01. The number of hydrogen-bond acceptors (Lipinski definition) is 4. The molecule has 0 saturated carbocycles. The van der Waals surface area contributed by atoms with Gasteiger partial charge in [0, 0.05) is 28.9 Å². The molecule has 3 rings (SSSR count). The molecule has 0 atom stereocenters. The summed E-state index contributed by atoms with van der Waals surface area (Å²) in [5, 5.41) is 6.70. The number of aromatic nitrogens is 2. The van der Waals surface area contributed by atoms with Gasteiger partial charge in [0.25, 0.3) is 5.91 Å². The number of halogens is 1. The van der Waals surface area contributed by atoms with Crippen LogP contribution in [0, 0.1) is 12.7 Å². The number of carbonyl (C=O) groups is 1. The predicted molar refractivity (Wildman–Crippen MR) is 87.7 cm³/mol. The topological polar surface area (TPSA) is 54.9 Å². The summed E-state index contributed by atoms with van der Waals surface area (Å²) >= 11 is 1.57. The van der Waals surface area contributed by atoms with Crippen LogP contribution in [0.25, 0.3) is 11.3 Å². The minimum atomic E-state index is -0.392. The van der Waals surface area contributed by atoms with Gasteiger partial charge in [-0.2, -0.15) is 11.3 Å². The van der Waals surface area contributed by atoms with Crippen molar-refractivity contribution in [3.63, 3.8) is 0 Å². The first-order chi connectivity index (χ1) is 11.1. The van der Waals surface area contributed by atoms with Gasteiger partial charge in [-0.3, -0.25) is 14.8 Å². The van der Waals surface area contributed by atoms with Crippen LogP contribution in [0.15, 0.2) is 47.4 Å². The first-order valence-electron chi connectivity index (χ1n) is 7.02. The van der Waals surface area contributed by atoms with Gasteiger partial charge in [0.1, 0.15) is 5.82 Å². The van der Waals surface area contributed by atoms with Crippen molar-refractivity contribution in [1.29, 1.82) is 0 Å². The SMILES string of the molecule is Cc1ccc(C(=O)NCc2nccnc2-c2ccsc2)cc1F. The zero-order chi connectivity index (χ0) is 16.2. The van der Waals surface area contributed by atoms with Crippen molar-refractivity contribution in [3.8, 4) is 11.3 Å². The van der Waals surface area contributed by atoms with Crippen molar-refractivity contribution >= 4 is 17.2 Å². The van der Waals surface area contributed by atoms with E-state index in [1.807, 2.05) is 16.8 Å². The number of hydrogen-bond donors (Lipinski definition) is 1. The lowest BCUT2D eigenvalue weighted by Gasteiger charge is -2.08. The van der Waals surface area contributed by atoms with Gasteiger partial charge in [-0.25, -0.2) is 4.39 Å². The minimum Gasteiger partial charge on any atom is -0.346 e. The van der Waals surface area contributed by atoms with Crippen LogP contribution in [0.2, 0.25) is 0 Å². The van der Waals surface area contributed by atoms with Crippen LogP contribution in [-0.2, 0) is 6.54 Å². The second kappa shape index (κ2) is 6.66. The average Bonchev–Trinajstić information content (AvgIpc) is 3.10. The standard InChI is InChI=1S/C17H14FN3OS/c1-11-2-3-12(8-14(11)18)17(22)21-9-15-16(20-6-5-19-15)13-4-7-23-10-13/h2-8,10H,9H2,1H3,(H,21,22). The fourth-order valence-corrected chi connectivity index (χ4v) is 2.78. The van der Waals surface area contributed by atoms with E-state index >= 15 is 0 Å². The molecule has 2 aromatic heterocycles. The number of amides is 1. The molecule has 0 unspecified atom stereocenters. The Morgan fingerprint density at radius 1 is 1.26 bits per heavy atom. The molecule has 0 radical (unpaired) electrons. The molecule has 6 heteroatoms. The van der Waals surface area contributed by atoms with Crippen LogP contribution in [0.3, 0.4) is 0 Å². The largest absolute Gasteiger partial charge is 0.346 e. The van der Waals surface area contributed by atoms with E-state index in [-0.39, 0.29) is 18.0 Å². The average molecular weight is 327 g/mol. The van der Waals surface area contributed by atoms with Crippen LogP contribution in [-0.4, -0.2) is 15.9 Å². The first-order valence-corrected chi connectivity index (χ1v) is 7.96. The van der Waals surface area contributed by atoms with Crippen molar-refractivity contribution in [1.82, 2.24) is 15.3 Å². The highest BCUT2D eigenvalue weighted by molar-refractivity contribution is 7.08. The number of aryl methyl sites for hydroxylation is 1. The Morgan fingerprint density at radius 3 is 2.83 bits per heavy atom. The fraction of sp³-hybridized carbons (Fsp3) is 0.118. The summed E-state index contributed by atoms with van der Waals surface area (Å²) in [6.07, 6.45) is 3.20. The van der Waals surface area contributed by atoms with Gasteiger partial charge in [-0.05, 0) is 36.1 Å². The van der Waals surface area contributed by atoms with E-state index in [1.165, 1.54) is 6.07 Å². The number of nitrogens with zero attached hydrogens (tertiary/aromatic N) is 2. The van der Waals surface area contributed by atoms with Crippen LogP contribution >= 0.6 is 11.3 Å². The Hall–Kier alpha value is -2.60. The molecule has 1 aromatic carbocycles. The molecule has 23 heavy (non-hydrogen) atoms. The van der Waals surface area contributed by atoms with Gasteiger partial charge >= 0.3 is 0 Å². The smallest absolute Gasteiger partial charge is 0.251 e. The number of rotatable bonds is 4. The quantitative estimate of drug-likeness (QED) is 0.797. The lowest BCUT2D eigenvalue weighted by atomic mass is 10.1. The highest BCUT2D eigenvalue weighted by atomic mass is 32.1. The Kier molecular flexibility index (Phi) is 4.43. The maximum Gasteiger partial charge on any atom is 0.251 e. The fourth-order valence-electron chi connectivity index (χ4n) is 2.14. The second-order valence-corrected chi connectivity index (χ2v) is 5.79. The van der Waals surface area contributed by atoms with E-state index in [0.29, 0.717) is 11.3 Å². The molecule has 0 saturated heterocycles. The van der Waals surface area contributed by atoms with E-state index in [9.17, 15) is 9.18 Å². The highest BCUT2D eigenvalue weighted by Crippen LogP contribution is 2.22. The van der Waals surface area contributed by atoms with Crippen LogP contribution in [0.4, 0.5) is 4.39 Å². The predicted octanol–water partition coefficient (Wildman–Crippen LogP) is 3.58. The molecular weight excluding hydrogens is 313 g/mol. The summed E-state index contributed by atoms with van der Waals surface area (Å²) < 4.78 is 13.6. The Morgan fingerprint density at radius 2 is 2.09 bits per heavy atom. The normalized spacial score (nSPS) is 10.5. The molecule has 0 aliphatic rings. The lowest BCUT2D eigenvalue weighted by Crippen LogP contribution is -2.24. The maximum absolute atomic E-state index is 13.6. The van der Waals surface area contributed by atoms with E-state index in [2.05, 4.69) is 15.3 Å². The Bertz CT molecular complexity index is 834. The third-order valence-electron chi connectivity index (χ3n) is 3.42. The summed E-state index contributed by atoms with van der Waals surface area (Å²) in [7, 11) is 0. The number of benzene rings is 1. The van der Waals surface area contributed by atoms with Crippen molar-refractivity contribution < 1.29 is 9.18 Å². The molecule has 0 spiro atoms. The molecule has 0 fully saturated rings. The Labute approximate surface area is 137 Å². The molecule has 1 N–H and O–H groups in total. The van der Waals surface area contributed by atoms with E-state index in [0.717, 1.165) is 11.3 Å². The number of carbonyl (C=O) groups excluding carboxylic acids is 1. The molecule has 2 heterocycles. The molecule has 3 aromatic rings. The highest BCUT2D eigenvalue weighted by Gasteiger charge is 2.12. The van der Waals surface area contributed by atoms with Gasteiger partial charge in [0.15, 0.2) is 0 Å². The molecule has 4 nitrogen and oxygen atoms in total. The van der Waals surface area contributed by atoms with Crippen molar-refractivity contribution in [2.45, 2.75) is 13.5 Å². The van der Waals surface area contributed by atoms with E-state index in [4.69, 9.17) is 0 Å². The summed E-state index contributed by atoms with van der Waals surface area (Å²) in [4.78, 5) is 20.8. The van der Waals surface area contributed by atoms with Crippen LogP contribution < -0.4 is 5.32 Å². The summed E-state index contributed by atoms with van der Waals surface area (Å²) in [5.74, 6) is -0.734. The number of nitrogens with one attached hydrogen (secondary N) is 1. The third kappa shape index (κ3) is 3.43. The first kappa shape index (κ1) is 15.3.